The van der Waals surface area contributed by atoms with Gasteiger partial charge in [-0.15, -0.1) is 0 Å². The highest BCUT2D eigenvalue weighted by atomic mass is 19.2. The number of benzene rings is 6. The van der Waals surface area contributed by atoms with Gasteiger partial charge in [0, 0.05) is 91.5 Å². The molecule has 9 heterocycles. The molecule has 24 heteroatoms. The van der Waals surface area contributed by atoms with Crippen molar-refractivity contribution < 1.29 is 50.9 Å². The number of hydrogen-bond donors (Lipinski definition) is 1. The number of nitrogens with zero attached hydrogens (tertiary/aromatic N) is 11. The first-order valence-corrected chi connectivity index (χ1v) is 33.0. The summed E-state index contributed by atoms with van der Waals surface area (Å²) in [5, 5.41) is 0. The van der Waals surface area contributed by atoms with E-state index in [-0.39, 0.29) is 83.1 Å². The molecule has 20 nitrogen and oxygen atoms in total. The average molecular weight is 1380 g/mol. The van der Waals surface area contributed by atoms with Crippen LogP contribution in [0.4, 0.5) is 17.6 Å². The highest BCUT2D eigenvalue weighted by Crippen LogP contribution is 2.39. The van der Waals surface area contributed by atoms with Gasteiger partial charge in [0.1, 0.15) is 53.4 Å². The molecule has 12 aromatic rings. The number of likely N-dealkylation sites (tertiary alicyclic amines) is 3. The van der Waals surface area contributed by atoms with Gasteiger partial charge in [-0.25, -0.2) is 28.1 Å². The third kappa shape index (κ3) is 14.1. The van der Waals surface area contributed by atoms with E-state index in [1.54, 1.807) is 112 Å². The van der Waals surface area contributed by atoms with Crippen molar-refractivity contribution in [3.63, 3.8) is 0 Å². The Morgan fingerprint density at radius 1 is 0.549 bits per heavy atom. The van der Waals surface area contributed by atoms with Crippen molar-refractivity contribution in [1.29, 1.82) is 0 Å². The van der Waals surface area contributed by atoms with Crippen molar-refractivity contribution in [3.8, 4) is 62.5 Å². The highest BCUT2D eigenvalue weighted by Gasteiger charge is 2.35. The lowest BCUT2D eigenvalue weighted by Gasteiger charge is -2.22. The van der Waals surface area contributed by atoms with Crippen LogP contribution in [0, 0.1) is 23.3 Å². The lowest BCUT2D eigenvalue weighted by atomic mass is 10.1. The first kappa shape index (κ1) is 68.1. The molecule has 3 aliphatic heterocycles. The number of carbonyl (C=O) groups is 3. The van der Waals surface area contributed by atoms with Gasteiger partial charge < -0.3 is 38.6 Å². The zero-order valence-corrected chi connectivity index (χ0v) is 55.4. The monoisotopic (exact) mass is 1380 g/mol. The number of nitrogens with one attached hydrogen (secondary N) is 1. The number of H-pyrrole nitrogens is 1. The van der Waals surface area contributed by atoms with E-state index >= 15 is 0 Å². The molecule has 0 saturated carbocycles. The van der Waals surface area contributed by atoms with Gasteiger partial charge >= 0.3 is 0 Å². The van der Waals surface area contributed by atoms with Crippen molar-refractivity contribution in [2.45, 2.75) is 63.3 Å². The number of imidazole rings is 3. The number of aromatic amines is 1. The maximum absolute atomic E-state index is 14.4. The number of para-hydroxylation sites is 1. The molecular formula is C78H68F4N12O8. The minimum atomic E-state index is -0.903. The number of aromatic nitrogens is 9. The fourth-order valence-electron chi connectivity index (χ4n) is 13.1. The van der Waals surface area contributed by atoms with E-state index in [4.69, 9.17) is 33.9 Å². The van der Waals surface area contributed by atoms with Gasteiger partial charge in [0.15, 0.2) is 34.7 Å². The van der Waals surface area contributed by atoms with E-state index in [0.717, 1.165) is 94.8 Å². The van der Waals surface area contributed by atoms with E-state index < -0.39 is 17.5 Å². The Labute approximate surface area is 582 Å². The second-order valence-electron chi connectivity index (χ2n) is 24.2. The van der Waals surface area contributed by atoms with Crippen molar-refractivity contribution in [2.75, 3.05) is 33.3 Å². The third-order valence-electron chi connectivity index (χ3n) is 18.1. The number of rotatable bonds is 18. The molecule has 102 heavy (non-hydrogen) atoms. The molecule has 15 rings (SSSR count). The quantitative estimate of drug-likeness (QED) is 0.0627. The Morgan fingerprint density at radius 2 is 1.10 bits per heavy atom. The first-order chi connectivity index (χ1) is 49.7. The topological polar surface area (TPSA) is 208 Å². The van der Waals surface area contributed by atoms with Crippen LogP contribution in [-0.4, -0.2) is 109 Å². The average Bonchev–Trinajstić information content (AvgIpc) is 1.07. The maximum Gasteiger partial charge on any atom is 0.274 e. The van der Waals surface area contributed by atoms with Crippen LogP contribution in [-0.2, 0) is 27.6 Å². The SMILES string of the molecule is C=CC(=O)N1CCC[C@H]1c1nc(-c2ccc(COc3ccccc3F)cc2)c2cnccn12.C=CC(=O)N1CCC[C@H]1c1nc(-c2ccc(OCc3cccc(F)c3F)cc2)c2cnccn12.C=CC(=O)N1CC[C@@H](c2nc(-c3ccc(Oc4cccc(OC)c4F)cc3)c3c(=O)[nH]ccn23)C1. The number of fused-ring (bicyclic) bond motifs is 3. The third-order valence-corrected chi connectivity index (χ3v) is 18.1. The van der Waals surface area contributed by atoms with Crippen molar-refractivity contribution in [2.24, 2.45) is 0 Å². The molecule has 0 unspecified atom stereocenters. The Bertz CT molecular complexity index is 5170. The van der Waals surface area contributed by atoms with Gasteiger partial charge in [0.25, 0.3) is 5.56 Å². The van der Waals surface area contributed by atoms with Gasteiger partial charge in [-0.05, 0) is 135 Å². The van der Waals surface area contributed by atoms with Crippen LogP contribution >= 0.6 is 0 Å². The predicted octanol–water partition coefficient (Wildman–Crippen LogP) is 14.2. The molecule has 0 radical (unpaired) electrons. The molecule has 3 saturated heterocycles. The molecule has 516 valence electrons. The van der Waals surface area contributed by atoms with Crippen molar-refractivity contribution in [1.82, 2.24) is 57.8 Å². The van der Waals surface area contributed by atoms with Gasteiger partial charge in [-0.3, -0.25) is 42.3 Å². The first-order valence-electron chi connectivity index (χ1n) is 33.0. The number of carbonyl (C=O) groups excluding carboxylic acids is 3. The minimum absolute atomic E-state index is 0.0133. The summed E-state index contributed by atoms with van der Waals surface area (Å²) in [6, 6.07) is 36.8. The minimum Gasteiger partial charge on any atom is -0.494 e. The smallest absolute Gasteiger partial charge is 0.274 e. The van der Waals surface area contributed by atoms with E-state index in [2.05, 4.69) is 34.7 Å². The standard InChI is InChI=1S/C26H22F2N4O2.C26H23FN4O4.C26H23FN4O2/c1-2-23(33)31-13-4-7-21(31)26-30-25(22-15-29-12-14-32(22)26)17-8-10-19(11-9-17)34-16-18-5-3-6-20(27)24(18)28;1-3-21(32)30-13-11-17(15-30)25-29-23(24-26(33)28-12-14-31(24)25)16-7-9-18(10-8-16)35-20-6-4-5-19(34-2)22(20)27;1-2-24(32)30-14-5-7-21(30)26-29-25(22-16-28-13-15-31(22)26)19-11-9-18(10-12-19)17-33-23-8-4-3-6-20(23)27/h2-3,5-6,8-12,14-15,21H,1,4,7,13,16H2;3-10,12,14,17H,1,11,13,15H2,2H3,(H,28,33);2-4,6,8-13,15-16,21H,1,5,7,14,17H2/t21-;17-;21-/m010/s1. The zero-order valence-electron chi connectivity index (χ0n) is 55.4. The van der Waals surface area contributed by atoms with Crippen LogP contribution < -0.4 is 24.5 Å². The molecule has 3 aliphatic rings. The number of methoxy groups -OCH3 is 1. The molecule has 3 fully saturated rings. The van der Waals surface area contributed by atoms with Gasteiger partial charge in [-0.2, -0.15) is 4.39 Å². The number of amides is 3. The summed E-state index contributed by atoms with van der Waals surface area (Å²) in [5.41, 5.74) is 7.48. The lowest BCUT2D eigenvalue weighted by molar-refractivity contribution is -0.127. The Hall–Kier alpha value is -12.5. The largest absolute Gasteiger partial charge is 0.494 e. The normalized spacial score (nSPS) is 15.5. The molecule has 0 aliphatic carbocycles. The van der Waals surface area contributed by atoms with Gasteiger partial charge in [-0.1, -0.05) is 74.3 Å². The number of hydrogen-bond acceptors (Lipinski definition) is 13. The molecule has 0 bridgehead atoms. The lowest BCUT2D eigenvalue weighted by Crippen LogP contribution is -2.29. The summed E-state index contributed by atoms with van der Waals surface area (Å²) in [6.07, 6.45) is 22.3. The van der Waals surface area contributed by atoms with Crippen LogP contribution in [0.1, 0.15) is 78.7 Å². The zero-order chi connectivity index (χ0) is 71.0. The summed E-state index contributed by atoms with van der Waals surface area (Å²) in [5.74, 6) is 0.550. The van der Waals surface area contributed by atoms with E-state index in [1.807, 2.05) is 62.5 Å². The van der Waals surface area contributed by atoms with Crippen molar-refractivity contribution >= 4 is 34.3 Å². The Morgan fingerprint density at radius 3 is 1.71 bits per heavy atom. The summed E-state index contributed by atoms with van der Waals surface area (Å²) in [6.45, 7) is 13.5. The van der Waals surface area contributed by atoms with Crippen molar-refractivity contribution in [3.05, 3.63) is 283 Å². The van der Waals surface area contributed by atoms with E-state index in [9.17, 15) is 36.7 Å². The van der Waals surface area contributed by atoms with Gasteiger partial charge in [0.05, 0.1) is 54.0 Å². The fourth-order valence-corrected chi connectivity index (χ4v) is 13.1. The summed E-state index contributed by atoms with van der Waals surface area (Å²) >= 11 is 0. The molecule has 0 spiro atoms. The Kier molecular flexibility index (Phi) is 20.2. The van der Waals surface area contributed by atoms with E-state index in [0.29, 0.717) is 54.5 Å². The molecule has 6 aromatic heterocycles. The summed E-state index contributed by atoms with van der Waals surface area (Å²) in [7, 11) is 1.39. The number of ether oxygens (including phenoxy) is 4. The second-order valence-corrected chi connectivity index (χ2v) is 24.2. The second kappa shape index (κ2) is 30.3. The molecule has 3 atom stereocenters. The molecule has 1 N–H and O–H groups in total. The van der Waals surface area contributed by atoms with Crippen LogP contribution in [0.2, 0.25) is 0 Å². The van der Waals surface area contributed by atoms with Crippen LogP contribution in [0.25, 0.3) is 50.3 Å². The summed E-state index contributed by atoms with van der Waals surface area (Å²) < 4.78 is 83.2. The highest BCUT2D eigenvalue weighted by molar-refractivity contribution is 5.89. The number of halogens is 4. The molecular weight excluding hydrogens is 1310 g/mol. The van der Waals surface area contributed by atoms with Crippen LogP contribution in [0.15, 0.2) is 226 Å². The van der Waals surface area contributed by atoms with E-state index in [1.165, 1.54) is 55.7 Å². The molecule has 6 aromatic carbocycles. The van der Waals surface area contributed by atoms with Crippen LogP contribution in [0.5, 0.6) is 28.7 Å². The van der Waals surface area contributed by atoms with Crippen LogP contribution in [0.3, 0.4) is 0 Å². The maximum atomic E-state index is 14.4. The van der Waals surface area contributed by atoms with Gasteiger partial charge in [0.2, 0.25) is 23.5 Å². The fraction of sp³-hybridized carbons (Fsp3) is 0.192. The summed E-state index contributed by atoms with van der Waals surface area (Å²) in [4.78, 5) is 80.8. The molecule has 3 amide bonds. The predicted molar refractivity (Wildman–Crippen MR) is 374 cm³/mol. The Balaban J connectivity index is 0.000000137.